The van der Waals surface area contributed by atoms with Crippen LogP contribution in [0.2, 0.25) is 0 Å². The number of fused-ring (bicyclic) bond motifs is 1. The van der Waals surface area contributed by atoms with Crippen molar-refractivity contribution < 1.29 is 19.1 Å². The first-order valence-electron chi connectivity index (χ1n) is 9.53. The van der Waals surface area contributed by atoms with E-state index in [1.807, 2.05) is 0 Å². The number of rotatable bonds is 10. The zero-order valence-corrected chi connectivity index (χ0v) is 16.4. The molecule has 2 rings (SSSR count). The average molecular weight is 375 g/mol. The van der Waals surface area contributed by atoms with Gasteiger partial charge in [0.05, 0.1) is 5.69 Å². The smallest absolute Gasteiger partial charge is 0.265 e. The Labute approximate surface area is 160 Å². The third kappa shape index (κ3) is 5.79. The molecule has 0 radical (unpaired) electrons. The SMILES string of the molecule is CCN(CC)CCCNC(=O)CCN1C(=O)COc2ccc(C(C)=O)cc21. The molecule has 1 heterocycles. The molecule has 2 amide bonds. The lowest BCUT2D eigenvalue weighted by Gasteiger charge is -2.29. The number of hydrogen-bond donors (Lipinski definition) is 1. The quantitative estimate of drug-likeness (QED) is 0.499. The zero-order valence-electron chi connectivity index (χ0n) is 16.4. The lowest BCUT2D eigenvalue weighted by atomic mass is 10.1. The van der Waals surface area contributed by atoms with E-state index in [9.17, 15) is 14.4 Å². The summed E-state index contributed by atoms with van der Waals surface area (Å²) in [6.45, 7) is 9.51. The number of hydrogen-bond acceptors (Lipinski definition) is 5. The van der Waals surface area contributed by atoms with Crippen molar-refractivity contribution in [3.8, 4) is 5.75 Å². The zero-order chi connectivity index (χ0) is 19.8. The Morgan fingerprint density at radius 3 is 2.67 bits per heavy atom. The van der Waals surface area contributed by atoms with Crippen LogP contribution in [0.3, 0.4) is 0 Å². The fourth-order valence-electron chi connectivity index (χ4n) is 3.04. The van der Waals surface area contributed by atoms with Gasteiger partial charge in [0, 0.05) is 25.1 Å². The van der Waals surface area contributed by atoms with Crippen LogP contribution in [0, 0.1) is 0 Å². The molecule has 1 aromatic carbocycles. The predicted molar refractivity (Wildman–Crippen MR) is 104 cm³/mol. The molecule has 0 saturated heterocycles. The van der Waals surface area contributed by atoms with Crippen LogP contribution in [0.25, 0.3) is 0 Å². The summed E-state index contributed by atoms with van der Waals surface area (Å²) in [7, 11) is 0. The summed E-state index contributed by atoms with van der Waals surface area (Å²) in [5.74, 6) is 0.177. The van der Waals surface area contributed by atoms with Crippen LogP contribution >= 0.6 is 0 Å². The van der Waals surface area contributed by atoms with Gasteiger partial charge in [0.2, 0.25) is 5.91 Å². The summed E-state index contributed by atoms with van der Waals surface area (Å²) < 4.78 is 5.42. The number of benzene rings is 1. The Kier molecular flexibility index (Phi) is 7.79. The summed E-state index contributed by atoms with van der Waals surface area (Å²) in [5.41, 5.74) is 1.06. The number of ketones is 1. The van der Waals surface area contributed by atoms with Crippen LogP contribution in [0.1, 0.15) is 44.0 Å². The fraction of sp³-hybridized carbons (Fsp3) is 0.550. The first-order chi connectivity index (χ1) is 13.0. The molecule has 1 aliphatic heterocycles. The van der Waals surface area contributed by atoms with Crippen LogP contribution < -0.4 is 15.0 Å². The van der Waals surface area contributed by atoms with Crippen molar-refractivity contribution in [3.63, 3.8) is 0 Å². The highest BCUT2D eigenvalue weighted by molar-refractivity contribution is 6.01. The van der Waals surface area contributed by atoms with E-state index in [4.69, 9.17) is 4.74 Å². The standard InChI is InChI=1S/C20H29N3O4/c1-4-22(5-2)11-6-10-21-19(25)9-12-23-17-13-16(15(3)24)7-8-18(17)27-14-20(23)26/h7-8,13H,4-6,9-12,14H2,1-3H3,(H,21,25). The number of nitrogens with zero attached hydrogens (tertiary/aromatic N) is 2. The van der Waals surface area contributed by atoms with E-state index in [-0.39, 0.29) is 37.2 Å². The number of ether oxygens (including phenoxy) is 1. The van der Waals surface area contributed by atoms with Crippen LogP contribution in [0.15, 0.2) is 18.2 Å². The summed E-state index contributed by atoms with van der Waals surface area (Å²) in [6, 6.07) is 5.02. The van der Waals surface area contributed by atoms with Gasteiger partial charge in [-0.1, -0.05) is 13.8 Å². The molecule has 7 nitrogen and oxygen atoms in total. The topological polar surface area (TPSA) is 79.0 Å². The Morgan fingerprint density at radius 1 is 1.26 bits per heavy atom. The highest BCUT2D eigenvalue weighted by Crippen LogP contribution is 2.33. The van der Waals surface area contributed by atoms with E-state index < -0.39 is 0 Å². The molecular formula is C20H29N3O4. The van der Waals surface area contributed by atoms with Crippen LogP contribution in [-0.4, -0.2) is 61.8 Å². The third-order valence-corrected chi connectivity index (χ3v) is 4.74. The molecular weight excluding hydrogens is 346 g/mol. The third-order valence-electron chi connectivity index (χ3n) is 4.74. The normalized spacial score (nSPS) is 13.3. The van der Waals surface area contributed by atoms with Crippen LogP contribution in [0.5, 0.6) is 5.75 Å². The number of anilines is 1. The van der Waals surface area contributed by atoms with Gasteiger partial charge >= 0.3 is 0 Å². The first-order valence-corrected chi connectivity index (χ1v) is 9.53. The Morgan fingerprint density at radius 2 is 2.00 bits per heavy atom. The first kappa shape index (κ1) is 20.9. The van der Waals surface area contributed by atoms with Crippen molar-refractivity contribution in [3.05, 3.63) is 23.8 Å². The van der Waals surface area contributed by atoms with Gasteiger partial charge in [0.25, 0.3) is 5.91 Å². The number of carbonyl (C=O) groups excluding carboxylic acids is 3. The van der Waals surface area contributed by atoms with Crippen molar-refractivity contribution in [1.29, 1.82) is 0 Å². The van der Waals surface area contributed by atoms with Gasteiger partial charge < -0.3 is 19.9 Å². The summed E-state index contributed by atoms with van der Waals surface area (Å²) in [5, 5.41) is 2.91. The van der Waals surface area contributed by atoms with Crippen molar-refractivity contribution in [2.24, 2.45) is 0 Å². The van der Waals surface area contributed by atoms with Gasteiger partial charge in [-0.25, -0.2) is 0 Å². The largest absolute Gasteiger partial charge is 0.482 e. The highest BCUT2D eigenvalue weighted by Gasteiger charge is 2.26. The fourth-order valence-corrected chi connectivity index (χ4v) is 3.04. The molecule has 0 aromatic heterocycles. The van der Waals surface area contributed by atoms with Gasteiger partial charge in [0.15, 0.2) is 12.4 Å². The average Bonchev–Trinajstić information content (AvgIpc) is 2.66. The van der Waals surface area contributed by atoms with Crippen molar-refractivity contribution in [1.82, 2.24) is 10.2 Å². The molecule has 0 spiro atoms. The monoisotopic (exact) mass is 375 g/mol. The molecule has 148 valence electrons. The molecule has 0 saturated carbocycles. The summed E-state index contributed by atoms with van der Waals surface area (Å²) >= 11 is 0. The van der Waals surface area contributed by atoms with Gasteiger partial charge in [0.1, 0.15) is 5.75 Å². The van der Waals surface area contributed by atoms with E-state index in [0.717, 1.165) is 26.1 Å². The molecule has 0 unspecified atom stereocenters. The minimum Gasteiger partial charge on any atom is -0.482 e. The van der Waals surface area contributed by atoms with Gasteiger partial charge in [-0.3, -0.25) is 14.4 Å². The van der Waals surface area contributed by atoms with Gasteiger partial charge in [-0.2, -0.15) is 0 Å². The van der Waals surface area contributed by atoms with Gasteiger partial charge in [-0.05, 0) is 51.2 Å². The molecule has 1 aliphatic rings. The van der Waals surface area contributed by atoms with Crippen LogP contribution in [-0.2, 0) is 9.59 Å². The van der Waals surface area contributed by atoms with Gasteiger partial charge in [-0.15, -0.1) is 0 Å². The second-order valence-corrected chi connectivity index (χ2v) is 6.55. The lowest BCUT2D eigenvalue weighted by molar-refractivity contribution is -0.122. The number of carbonyl (C=O) groups is 3. The van der Waals surface area contributed by atoms with Crippen LogP contribution in [0.4, 0.5) is 5.69 Å². The molecule has 27 heavy (non-hydrogen) atoms. The Balaban J connectivity index is 1.88. The molecule has 7 heteroatoms. The molecule has 0 fully saturated rings. The van der Waals surface area contributed by atoms with E-state index in [1.54, 1.807) is 18.2 Å². The highest BCUT2D eigenvalue weighted by atomic mass is 16.5. The number of nitrogens with one attached hydrogen (secondary N) is 1. The van der Waals surface area contributed by atoms with E-state index >= 15 is 0 Å². The predicted octanol–water partition coefficient (Wildman–Crippen LogP) is 1.85. The second-order valence-electron chi connectivity index (χ2n) is 6.55. The maximum absolute atomic E-state index is 12.2. The minimum atomic E-state index is -0.211. The molecule has 1 N–H and O–H groups in total. The van der Waals surface area contributed by atoms with E-state index in [1.165, 1.54) is 11.8 Å². The van der Waals surface area contributed by atoms with Crippen molar-refractivity contribution in [2.45, 2.75) is 33.6 Å². The van der Waals surface area contributed by atoms with Crippen molar-refractivity contribution >= 4 is 23.3 Å². The molecule has 1 aromatic rings. The lowest BCUT2D eigenvalue weighted by Crippen LogP contribution is -2.41. The number of Topliss-reactive ketones (excluding diaryl/α,β-unsaturated/α-hetero) is 1. The maximum atomic E-state index is 12.2. The molecule has 0 aliphatic carbocycles. The second kappa shape index (κ2) is 10.1. The van der Waals surface area contributed by atoms with Crippen molar-refractivity contribution in [2.75, 3.05) is 44.2 Å². The molecule has 0 bridgehead atoms. The Hall–Kier alpha value is -2.41. The minimum absolute atomic E-state index is 0.0576. The summed E-state index contributed by atoms with van der Waals surface area (Å²) in [4.78, 5) is 39.8. The Bertz CT molecular complexity index is 686. The van der Waals surface area contributed by atoms with E-state index in [2.05, 4.69) is 24.1 Å². The number of amides is 2. The maximum Gasteiger partial charge on any atom is 0.265 e. The summed E-state index contributed by atoms with van der Waals surface area (Å²) in [6.07, 6.45) is 1.11. The molecule has 0 atom stereocenters. The van der Waals surface area contributed by atoms with E-state index in [0.29, 0.717) is 23.5 Å².